The summed E-state index contributed by atoms with van der Waals surface area (Å²) in [7, 11) is 0. The van der Waals surface area contributed by atoms with Crippen LogP contribution in [0.15, 0.2) is 48.5 Å². The lowest BCUT2D eigenvalue weighted by Gasteiger charge is -2.27. The Morgan fingerprint density at radius 1 is 0.780 bits per heavy atom. The van der Waals surface area contributed by atoms with E-state index in [1.165, 1.54) is 15.9 Å². The zero-order valence-corrected chi connectivity index (χ0v) is 27.6. The van der Waals surface area contributed by atoms with Gasteiger partial charge < -0.3 is 35.6 Å². The molecule has 5 rings (SSSR count). The normalized spacial score (nSPS) is 16.2. The van der Waals surface area contributed by atoms with E-state index >= 15 is 0 Å². The molecule has 16 nitrogen and oxygen atoms in total. The van der Waals surface area contributed by atoms with E-state index in [9.17, 15) is 33.6 Å². The molecule has 0 atom stereocenters. The third-order valence-corrected chi connectivity index (χ3v) is 8.66. The van der Waals surface area contributed by atoms with Crippen LogP contribution in [0.5, 0.6) is 0 Å². The number of carboxylic acids is 1. The largest absolute Gasteiger partial charge is 0.481 e. The maximum absolute atomic E-state index is 14.2. The highest BCUT2D eigenvalue weighted by Gasteiger charge is 2.43. The second-order valence-electron chi connectivity index (χ2n) is 12.2. The maximum atomic E-state index is 14.2. The Balaban J connectivity index is 1.32. The van der Waals surface area contributed by atoms with E-state index in [0.29, 0.717) is 31.7 Å². The van der Waals surface area contributed by atoms with Gasteiger partial charge in [-0.25, -0.2) is 9.59 Å². The molecule has 2 saturated heterocycles. The number of benzene rings is 2. The van der Waals surface area contributed by atoms with Crippen LogP contribution in [0.3, 0.4) is 0 Å². The van der Waals surface area contributed by atoms with Crippen molar-refractivity contribution < 1.29 is 43.4 Å². The molecule has 0 radical (unpaired) electrons. The minimum absolute atomic E-state index is 0.0927. The number of fused-ring (bicyclic) bond motifs is 1. The van der Waals surface area contributed by atoms with Crippen molar-refractivity contribution in [1.29, 1.82) is 0 Å². The number of hydrogen-bond donors (Lipinski definition) is 4. The highest BCUT2D eigenvalue weighted by atomic mass is 16.5. The van der Waals surface area contributed by atoms with Crippen molar-refractivity contribution in [1.82, 2.24) is 20.4 Å². The number of carbonyl (C=O) groups is 7. The van der Waals surface area contributed by atoms with E-state index in [4.69, 9.17) is 9.84 Å². The van der Waals surface area contributed by atoms with Crippen molar-refractivity contribution in [2.75, 3.05) is 60.9 Å². The maximum Gasteiger partial charge on any atom is 0.407 e. The molecule has 3 aliphatic rings. The van der Waals surface area contributed by atoms with Gasteiger partial charge in [-0.15, -0.1) is 0 Å². The van der Waals surface area contributed by atoms with E-state index in [1.54, 1.807) is 52.3 Å². The van der Waals surface area contributed by atoms with Crippen LogP contribution in [0.2, 0.25) is 0 Å². The van der Waals surface area contributed by atoms with Crippen molar-refractivity contribution in [3.63, 3.8) is 0 Å². The number of rotatable bonds is 12. The van der Waals surface area contributed by atoms with E-state index in [1.807, 2.05) is 0 Å². The van der Waals surface area contributed by atoms with E-state index < -0.39 is 35.9 Å². The fourth-order valence-electron chi connectivity index (χ4n) is 6.10. The number of anilines is 3. The van der Waals surface area contributed by atoms with Crippen LogP contribution in [0.1, 0.15) is 44.1 Å². The highest BCUT2D eigenvalue weighted by molar-refractivity contribution is 6.23. The Bertz CT molecular complexity index is 1550. The standard InChI is InChI=1S/C34H41N7O9/c42-27(38-15-3-4-16-38)20-40-25-11-1-2-12-26(25)41(21-28(43)39-17-5-6-18-39)32(47)30(31(40)46)37-33(48)36-24-10-7-9-23(19-24)22-50-34(49)35-14-8-13-29(44)45/h1-2,7,9-12,19,30H,3-6,8,13-18,20-22H2,(H,35,49)(H,44,45)(H2,36,37,48). The summed E-state index contributed by atoms with van der Waals surface area (Å²) < 4.78 is 5.16. The fraction of sp³-hybridized carbons (Fsp3) is 0.441. The van der Waals surface area contributed by atoms with Crippen molar-refractivity contribution in [2.24, 2.45) is 0 Å². The smallest absolute Gasteiger partial charge is 0.407 e. The summed E-state index contributed by atoms with van der Waals surface area (Å²) in [6.07, 6.45) is 2.81. The van der Waals surface area contributed by atoms with Gasteiger partial charge in [0.25, 0.3) is 11.8 Å². The topological polar surface area (TPSA) is 198 Å². The molecule has 0 spiro atoms. The van der Waals surface area contributed by atoms with Crippen LogP contribution in [0.25, 0.3) is 0 Å². The molecule has 3 aliphatic heterocycles. The molecule has 0 aromatic heterocycles. The molecule has 0 unspecified atom stereocenters. The summed E-state index contributed by atoms with van der Waals surface area (Å²) in [5.41, 5.74) is 1.33. The van der Waals surface area contributed by atoms with Crippen molar-refractivity contribution >= 4 is 58.8 Å². The van der Waals surface area contributed by atoms with E-state index in [0.717, 1.165) is 25.7 Å². The van der Waals surface area contributed by atoms with Crippen molar-refractivity contribution in [3.8, 4) is 0 Å². The molecule has 0 aliphatic carbocycles. The molecule has 7 amide bonds. The average molecular weight is 692 g/mol. The Morgan fingerprint density at radius 3 is 1.88 bits per heavy atom. The molecule has 16 heteroatoms. The SMILES string of the molecule is O=C(O)CCCNC(=O)OCc1cccc(NC(=O)NC2C(=O)N(CC(=O)N3CCCC3)c3ccccc3N(CC(=O)N3CCCC3)C2=O)c1. The first-order valence-corrected chi connectivity index (χ1v) is 16.7. The third-order valence-electron chi connectivity index (χ3n) is 8.66. The van der Waals surface area contributed by atoms with Crippen LogP contribution in [-0.4, -0.2) is 108 Å². The molecule has 3 heterocycles. The number of urea groups is 1. The van der Waals surface area contributed by atoms with Gasteiger partial charge in [0.1, 0.15) is 19.7 Å². The molecule has 266 valence electrons. The second kappa shape index (κ2) is 16.6. The highest BCUT2D eigenvalue weighted by Crippen LogP contribution is 2.34. The summed E-state index contributed by atoms with van der Waals surface area (Å²) in [5.74, 6) is -3.20. The number of carboxylic acid groups (broad SMARTS) is 1. The van der Waals surface area contributed by atoms with E-state index in [2.05, 4.69) is 16.0 Å². The Morgan fingerprint density at radius 2 is 1.34 bits per heavy atom. The van der Waals surface area contributed by atoms with Crippen LogP contribution in [0, 0.1) is 0 Å². The summed E-state index contributed by atoms with van der Waals surface area (Å²) in [4.78, 5) is 96.6. The van der Waals surface area contributed by atoms with Gasteiger partial charge in [0.2, 0.25) is 11.8 Å². The minimum Gasteiger partial charge on any atom is -0.481 e. The first-order valence-electron chi connectivity index (χ1n) is 16.7. The number of nitrogens with zero attached hydrogens (tertiary/aromatic N) is 4. The predicted molar refractivity (Wildman–Crippen MR) is 180 cm³/mol. The van der Waals surface area contributed by atoms with Crippen LogP contribution >= 0.6 is 0 Å². The van der Waals surface area contributed by atoms with Gasteiger partial charge >= 0.3 is 18.1 Å². The number of nitrogens with one attached hydrogen (secondary N) is 3. The lowest BCUT2D eigenvalue weighted by atomic mass is 10.2. The summed E-state index contributed by atoms with van der Waals surface area (Å²) in [5, 5.41) is 16.2. The van der Waals surface area contributed by atoms with Gasteiger partial charge in [0, 0.05) is 44.8 Å². The fourth-order valence-corrected chi connectivity index (χ4v) is 6.10. The number of ether oxygens (including phenoxy) is 1. The molecule has 2 fully saturated rings. The molecule has 50 heavy (non-hydrogen) atoms. The van der Waals surface area contributed by atoms with Crippen molar-refractivity contribution in [2.45, 2.75) is 51.2 Å². The quantitative estimate of drug-likeness (QED) is 0.190. The van der Waals surface area contributed by atoms with Gasteiger partial charge in [0.15, 0.2) is 6.04 Å². The number of aliphatic carboxylic acids is 1. The van der Waals surface area contributed by atoms with Gasteiger partial charge in [-0.3, -0.25) is 33.8 Å². The van der Waals surface area contributed by atoms with Gasteiger partial charge in [-0.2, -0.15) is 0 Å². The molecule has 2 aromatic carbocycles. The zero-order chi connectivity index (χ0) is 35.6. The number of para-hydroxylation sites is 2. The first-order chi connectivity index (χ1) is 24.1. The Labute approximate surface area is 288 Å². The van der Waals surface area contributed by atoms with Crippen LogP contribution < -0.4 is 25.8 Å². The zero-order valence-electron chi connectivity index (χ0n) is 27.6. The summed E-state index contributed by atoms with van der Waals surface area (Å²) in [6, 6.07) is 10.3. The molecular weight excluding hydrogens is 650 g/mol. The van der Waals surface area contributed by atoms with Crippen molar-refractivity contribution in [3.05, 3.63) is 54.1 Å². The third kappa shape index (κ3) is 9.06. The average Bonchev–Trinajstić information content (AvgIpc) is 3.84. The molecule has 0 saturated carbocycles. The summed E-state index contributed by atoms with van der Waals surface area (Å²) >= 11 is 0. The van der Waals surface area contributed by atoms with E-state index in [-0.39, 0.29) is 68.0 Å². The Hall–Kier alpha value is -5.67. The lowest BCUT2D eigenvalue weighted by molar-refractivity contribution is -0.137. The Kier molecular flexibility index (Phi) is 11.9. The van der Waals surface area contributed by atoms with Crippen LogP contribution in [0.4, 0.5) is 26.7 Å². The number of carbonyl (C=O) groups excluding carboxylic acids is 6. The number of alkyl carbamates (subject to hydrolysis) is 1. The molecular formula is C34H41N7O9. The van der Waals surface area contributed by atoms with Gasteiger partial charge in [0.05, 0.1) is 11.4 Å². The molecule has 0 bridgehead atoms. The first kappa shape index (κ1) is 35.6. The van der Waals surface area contributed by atoms with Gasteiger partial charge in [-0.05, 0) is 61.9 Å². The number of amides is 7. The predicted octanol–water partition coefficient (Wildman–Crippen LogP) is 1.89. The summed E-state index contributed by atoms with van der Waals surface area (Å²) in [6.45, 7) is 1.50. The molecule has 4 N–H and O–H groups in total. The van der Waals surface area contributed by atoms with Crippen LogP contribution in [-0.2, 0) is 35.3 Å². The lowest BCUT2D eigenvalue weighted by Crippen LogP contribution is -2.58. The minimum atomic E-state index is -1.77. The number of likely N-dealkylation sites (tertiary alicyclic amines) is 2. The van der Waals surface area contributed by atoms with Gasteiger partial charge in [-0.1, -0.05) is 24.3 Å². The number of hydrogen-bond acceptors (Lipinski definition) is 8. The molecule has 2 aromatic rings. The second-order valence-corrected chi connectivity index (χ2v) is 12.2. The monoisotopic (exact) mass is 691 g/mol.